The van der Waals surface area contributed by atoms with E-state index >= 15 is 0 Å². The average Bonchev–Trinajstić information content (AvgIpc) is 2.63. The van der Waals surface area contributed by atoms with Crippen LogP contribution in [0, 0.1) is 23.2 Å². The largest absolute Gasteiger partial charge is 0.444 e. The number of nitriles is 1. The van der Waals surface area contributed by atoms with Gasteiger partial charge in [0, 0.05) is 19.6 Å². The highest BCUT2D eigenvalue weighted by atomic mass is 16.6. The second-order valence-corrected chi connectivity index (χ2v) is 8.42. The third-order valence-corrected chi connectivity index (χ3v) is 3.77. The van der Waals surface area contributed by atoms with Crippen molar-refractivity contribution >= 4 is 12.2 Å². The first-order valence-electron chi connectivity index (χ1n) is 8.75. The van der Waals surface area contributed by atoms with Crippen LogP contribution in [-0.4, -0.2) is 47.9 Å². The molecule has 0 radical (unpaired) electrons. The van der Waals surface area contributed by atoms with Crippen LogP contribution in [0.4, 0.5) is 9.59 Å². The molecule has 25 heavy (non-hydrogen) atoms. The van der Waals surface area contributed by atoms with Gasteiger partial charge in [-0.05, 0) is 60.3 Å². The van der Waals surface area contributed by atoms with E-state index in [1.807, 2.05) is 20.8 Å². The van der Waals surface area contributed by atoms with Crippen molar-refractivity contribution in [3.05, 3.63) is 0 Å². The Balaban J connectivity index is 2.60. The highest BCUT2D eigenvalue weighted by molar-refractivity contribution is 5.68. The number of carbonyl (C=O) groups excluding carboxylic acids is 2. The van der Waals surface area contributed by atoms with E-state index in [1.54, 1.807) is 25.7 Å². The molecule has 1 aliphatic rings. The number of likely N-dealkylation sites (tertiary alicyclic amines) is 1. The minimum atomic E-state index is -0.560. The maximum absolute atomic E-state index is 12.2. The van der Waals surface area contributed by atoms with Gasteiger partial charge in [-0.1, -0.05) is 0 Å². The lowest BCUT2D eigenvalue weighted by atomic mass is 9.89. The van der Waals surface area contributed by atoms with Gasteiger partial charge in [0.05, 0.1) is 12.0 Å². The molecule has 0 aromatic rings. The summed E-state index contributed by atoms with van der Waals surface area (Å²) in [7, 11) is 0. The van der Waals surface area contributed by atoms with E-state index in [0.717, 1.165) is 0 Å². The van der Waals surface area contributed by atoms with E-state index in [4.69, 9.17) is 9.47 Å². The van der Waals surface area contributed by atoms with Gasteiger partial charge in [-0.3, -0.25) is 0 Å². The molecule has 1 aliphatic heterocycles. The summed E-state index contributed by atoms with van der Waals surface area (Å²) in [6, 6.07) is 2.30. The summed E-state index contributed by atoms with van der Waals surface area (Å²) in [6.07, 6.45) is 0.353. The van der Waals surface area contributed by atoms with Gasteiger partial charge in [0.2, 0.25) is 0 Å². The first-order chi connectivity index (χ1) is 11.4. The number of hydrogen-bond acceptors (Lipinski definition) is 5. The molecule has 0 aliphatic carbocycles. The molecule has 2 unspecified atom stereocenters. The van der Waals surface area contributed by atoms with Crippen LogP contribution in [0.5, 0.6) is 0 Å². The highest BCUT2D eigenvalue weighted by Crippen LogP contribution is 2.24. The molecule has 1 saturated heterocycles. The van der Waals surface area contributed by atoms with E-state index in [2.05, 4.69) is 11.4 Å². The van der Waals surface area contributed by atoms with Crippen molar-refractivity contribution in [2.75, 3.05) is 19.6 Å². The van der Waals surface area contributed by atoms with Crippen molar-refractivity contribution in [1.82, 2.24) is 10.2 Å². The second-order valence-electron chi connectivity index (χ2n) is 8.42. The third-order valence-electron chi connectivity index (χ3n) is 3.77. The maximum atomic E-state index is 12.2. The van der Waals surface area contributed by atoms with Gasteiger partial charge in [-0.25, -0.2) is 9.59 Å². The van der Waals surface area contributed by atoms with Crippen molar-refractivity contribution in [2.45, 2.75) is 65.6 Å². The lowest BCUT2D eigenvalue weighted by molar-refractivity contribution is 0.0253. The Kier molecular flexibility index (Phi) is 7.09. The Labute approximate surface area is 150 Å². The van der Waals surface area contributed by atoms with Gasteiger partial charge in [-0.15, -0.1) is 0 Å². The van der Waals surface area contributed by atoms with Crippen molar-refractivity contribution in [3.8, 4) is 6.07 Å². The van der Waals surface area contributed by atoms with Crippen LogP contribution in [0.25, 0.3) is 0 Å². The molecule has 7 heteroatoms. The summed E-state index contributed by atoms with van der Waals surface area (Å²) in [5.74, 6) is -0.243. The standard InChI is InChI=1S/C18H31N3O4/c1-17(2,3)24-15(22)20-12-14-8-10-21(9-7-13(14)11-19)16(23)25-18(4,5)6/h13-14H,7-10,12H2,1-6H3,(H,20,22). The minimum absolute atomic E-state index is 0.0232. The van der Waals surface area contributed by atoms with Crippen LogP contribution in [-0.2, 0) is 9.47 Å². The van der Waals surface area contributed by atoms with Crippen LogP contribution in [0.15, 0.2) is 0 Å². The molecule has 0 saturated carbocycles. The fourth-order valence-corrected chi connectivity index (χ4v) is 2.62. The average molecular weight is 353 g/mol. The number of hydrogen-bond donors (Lipinski definition) is 1. The SMILES string of the molecule is CC(C)(C)OC(=O)NCC1CCN(C(=O)OC(C)(C)C)CCC1C#N. The zero-order valence-electron chi connectivity index (χ0n) is 16.2. The fourth-order valence-electron chi connectivity index (χ4n) is 2.62. The van der Waals surface area contributed by atoms with E-state index in [-0.39, 0.29) is 17.9 Å². The quantitative estimate of drug-likeness (QED) is 0.822. The number of ether oxygens (including phenoxy) is 2. The molecule has 1 rings (SSSR count). The predicted molar refractivity (Wildman–Crippen MR) is 93.9 cm³/mol. The predicted octanol–water partition coefficient (Wildman–Crippen LogP) is 3.30. The van der Waals surface area contributed by atoms with Gasteiger partial charge in [0.25, 0.3) is 0 Å². The second kappa shape index (κ2) is 8.41. The van der Waals surface area contributed by atoms with Crippen LogP contribution in [0.2, 0.25) is 0 Å². The highest BCUT2D eigenvalue weighted by Gasteiger charge is 2.31. The van der Waals surface area contributed by atoms with E-state index in [0.29, 0.717) is 32.5 Å². The Morgan fingerprint density at radius 3 is 2.16 bits per heavy atom. The van der Waals surface area contributed by atoms with Gasteiger partial charge in [0.1, 0.15) is 11.2 Å². The molecule has 0 bridgehead atoms. The molecule has 0 spiro atoms. The van der Waals surface area contributed by atoms with Crippen LogP contribution >= 0.6 is 0 Å². The van der Waals surface area contributed by atoms with Crippen LogP contribution in [0.1, 0.15) is 54.4 Å². The van der Waals surface area contributed by atoms with E-state index in [1.165, 1.54) is 0 Å². The molecular weight excluding hydrogens is 322 g/mol. The first-order valence-corrected chi connectivity index (χ1v) is 8.75. The van der Waals surface area contributed by atoms with E-state index < -0.39 is 17.3 Å². The summed E-state index contributed by atoms with van der Waals surface area (Å²) in [5, 5.41) is 12.2. The van der Waals surface area contributed by atoms with Gasteiger partial charge < -0.3 is 19.7 Å². The molecule has 2 atom stereocenters. The minimum Gasteiger partial charge on any atom is -0.444 e. The number of nitrogens with one attached hydrogen (secondary N) is 1. The lowest BCUT2D eigenvalue weighted by Gasteiger charge is -2.26. The van der Waals surface area contributed by atoms with Crippen molar-refractivity contribution in [1.29, 1.82) is 5.26 Å². The Morgan fingerprint density at radius 2 is 1.64 bits per heavy atom. The maximum Gasteiger partial charge on any atom is 0.410 e. The van der Waals surface area contributed by atoms with E-state index in [9.17, 15) is 14.9 Å². The van der Waals surface area contributed by atoms with Crippen LogP contribution in [0.3, 0.4) is 0 Å². The van der Waals surface area contributed by atoms with Gasteiger partial charge >= 0.3 is 12.2 Å². The molecule has 2 amide bonds. The summed E-state index contributed by atoms with van der Waals surface area (Å²) >= 11 is 0. The molecule has 142 valence electrons. The summed E-state index contributed by atoms with van der Waals surface area (Å²) < 4.78 is 10.6. The zero-order valence-corrected chi connectivity index (χ0v) is 16.2. The molecule has 0 aromatic heterocycles. The number of rotatable bonds is 2. The van der Waals surface area contributed by atoms with Crippen molar-refractivity contribution < 1.29 is 19.1 Å². The number of alkyl carbamates (subject to hydrolysis) is 1. The molecular formula is C18H31N3O4. The number of carbonyl (C=O) groups is 2. The summed E-state index contributed by atoms with van der Waals surface area (Å²) in [4.78, 5) is 25.7. The van der Waals surface area contributed by atoms with Crippen molar-refractivity contribution in [3.63, 3.8) is 0 Å². The monoisotopic (exact) mass is 353 g/mol. The van der Waals surface area contributed by atoms with Crippen molar-refractivity contribution in [2.24, 2.45) is 11.8 Å². The molecule has 0 aromatic carbocycles. The summed E-state index contributed by atoms with van der Waals surface area (Å²) in [5.41, 5.74) is -1.11. The smallest absolute Gasteiger partial charge is 0.410 e. The topological polar surface area (TPSA) is 91.7 Å². The lowest BCUT2D eigenvalue weighted by Crippen LogP contribution is -2.38. The Bertz CT molecular complexity index is 514. The number of nitrogens with zero attached hydrogens (tertiary/aromatic N) is 2. The molecule has 1 heterocycles. The molecule has 1 N–H and O–H groups in total. The normalized spacial score (nSPS) is 21.7. The van der Waals surface area contributed by atoms with Gasteiger partial charge in [-0.2, -0.15) is 5.26 Å². The Morgan fingerprint density at radius 1 is 1.08 bits per heavy atom. The van der Waals surface area contributed by atoms with Crippen LogP contribution < -0.4 is 5.32 Å². The Hall–Kier alpha value is -1.97. The summed E-state index contributed by atoms with van der Waals surface area (Å²) in [6.45, 7) is 12.2. The first kappa shape index (κ1) is 21.1. The third kappa shape index (κ3) is 8.10. The fraction of sp³-hybridized carbons (Fsp3) is 0.833. The zero-order chi connectivity index (χ0) is 19.3. The molecule has 1 fully saturated rings. The number of amides is 2. The molecule has 7 nitrogen and oxygen atoms in total. The van der Waals surface area contributed by atoms with Gasteiger partial charge in [0.15, 0.2) is 0 Å².